The third kappa shape index (κ3) is 4.40. The number of benzene rings is 1. The molecule has 1 heteroatoms. The van der Waals surface area contributed by atoms with Gasteiger partial charge in [0.25, 0.3) is 0 Å². The number of hydrogen-bond donors (Lipinski definition) is 0. The molecular formula is C15H21Cl. The lowest BCUT2D eigenvalue weighted by atomic mass is 9.98. The highest BCUT2D eigenvalue weighted by Gasteiger charge is 2.01. The van der Waals surface area contributed by atoms with Gasteiger partial charge in [-0.3, -0.25) is 0 Å². The normalized spacial score (nSPS) is 13.2. The van der Waals surface area contributed by atoms with Crippen molar-refractivity contribution in [1.29, 1.82) is 0 Å². The van der Waals surface area contributed by atoms with Crippen LogP contribution in [0.2, 0.25) is 5.02 Å². The Morgan fingerprint density at radius 1 is 1.25 bits per heavy atom. The Bertz CT molecular complexity index is 328. The Kier molecular flexibility index (Phi) is 6.25. The lowest BCUT2D eigenvalue weighted by Gasteiger charge is -2.08. The molecule has 0 saturated carbocycles. The van der Waals surface area contributed by atoms with Gasteiger partial charge >= 0.3 is 0 Å². The molecule has 1 atom stereocenters. The maximum atomic E-state index is 6.10. The predicted octanol–water partition coefficient (Wildman–Crippen LogP) is 5.57. The summed E-state index contributed by atoms with van der Waals surface area (Å²) < 4.78 is 0. The molecule has 0 aliphatic carbocycles. The molecule has 0 spiro atoms. The van der Waals surface area contributed by atoms with Crippen LogP contribution in [-0.4, -0.2) is 0 Å². The second kappa shape index (κ2) is 7.51. The number of halogens is 1. The van der Waals surface area contributed by atoms with Crippen molar-refractivity contribution in [1.82, 2.24) is 0 Å². The number of unbranched alkanes of at least 4 members (excludes halogenated alkanes) is 1. The van der Waals surface area contributed by atoms with Gasteiger partial charge in [0.1, 0.15) is 0 Å². The summed E-state index contributed by atoms with van der Waals surface area (Å²) in [6, 6.07) is 7.99. The maximum Gasteiger partial charge on any atom is 0.0478 e. The minimum atomic E-state index is 0.691. The van der Waals surface area contributed by atoms with Crippen LogP contribution in [0.1, 0.15) is 45.1 Å². The second-order valence-corrected chi connectivity index (χ2v) is 4.60. The van der Waals surface area contributed by atoms with Gasteiger partial charge in [-0.25, -0.2) is 0 Å². The highest BCUT2D eigenvalue weighted by molar-refractivity contribution is 6.32. The molecule has 0 amide bonds. The van der Waals surface area contributed by atoms with Crippen LogP contribution in [0.5, 0.6) is 0 Å². The first-order valence-electron chi connectivity index (χ1n) is 6.20. The molecule has 0 aliphatic rings. The van der Waals surface area contributed by atoms with E-state index in [0.717, 1.165) is 10.6 Å². The second-order valence-electron chi connectivity index (χ2n) is 4.19. The Hall–Kier alpha value is -0.750. The summed E-state index contributed by atoms with van der Waals surface area (Å²) in [5.41, 5.74) is 1.12. The standard InChI is InChI=1S/C15H21Cl/c1-3-5-8-13(4-2)11-12-14-9-6-7-10-15(14)16/h6-7,9-13H,3-5,8H2,1-2H3/b12-11+. The van der Waals surface area contributed by atoms with Crippen LogP contribution >= 0.6 is 11.6 Å². The van der Waals surface area contributed by atoms with Crippen LogP contribution < -0.4 is 0 Å². The molecule has 0 bridgehead atoms. The van der Waals surface area contributed by atoms with Gasteiger partial charge in [-0.05, 0) is 30.4 Å². The van der Waals surface area contributed by atoms with Gasteiger partial charge in [-0.2, -0.15) is 0 Å². The van der Waals surface area contributed by atoms with E-state index >= 15 is 0 Å². The van der Waals surface area contributed by atoms with Crippen molar-refractivity contribution in [2.24, 2.45) is 5.92 Å². The minimum Gasteiger partial charge on any atom is -0.0837 e. The first kappa shape index (κ1) is 13.3. The lowest BCUT2D eigenvalue weighted by Crippen LogP contribution is -1.93. The zero-order valence-corrected chi connectivity index (χ0v) is 11.0. The van der Waals surface area contributed by atoms with E-state index in [9.17, 15) is 0 Å². The summed E-state index contributed by atoms with van der Waals surface area (Å²) in [5, 5.41) is 0.837. The summed E-state index contributed by atoms with van der Waals surface area (Å²) in [6.07, 6.45) is 9.54. The molecule has 0 aromatic heterocycles. The molecule has 16 heavy (non-hydrogen) atoms. The van der Waals surface area contributed by atoms with Crippen LogP contribution in [0.4, 0.5) is 0 Å². The summed E-state index contributed by atoms with van der Waals surface area (Å²) in [7, 11) is 0. The minimum absolute atomic E-state index is 0.691. The smallest absolute Gasteiger partial charge is 0.0478 e. The molecule has 1 rings (SSSR count). The molecule has 1 aromatic rings. The number of hydrogen-bond acceptors (Lipinski definition) is 0. The predicted molar refractivity (Wildman–Crippen MR) is 73.8 cm³/mol. The Morgan fingerprint density at radius 2 is 2.00 bits per heavy atom. The SMILES string of the molecule is CCCCC(/C=C/c1ccccc1Cl)CC. The quantitative estimate of drug-likeness (QED) is 0.606. The maximum absolute atomic E-state index is 6.10. The van der Waals surface area contributed by atoms with E-state index in [1.807, 2.05) is 18.2 Å². The van der Waals surface area contributed by atoms with Crippen LogP contribution in [0.3, 0.4) is 0 Å². The van der Waals surface area contributed by atoms with E-state index in [-0.39, 0.29) is 0 Å². The van der Waals surface area contributed by atoms with Crippen molar-refractivity contribution in [3.05, 3.63) is 40.9 Å². The third-order valence-corrected chi connectivity index (χ3v) is 3.25. The zero-order chi connectivity index (χ0) is 11.8. The summed E-state index contributed by atoms with van der Waals surface area (Å²) in [6.45, 7) is 4.49. The molecule has 0 heterocycles. The number of allylic oxidation sites excluding steroid dienone is 1. The van der Waals surface area contributed by atoms with E-state index in [4.69, 9.17) is 11.6 Å². The van der Waals surface area contributed by atoms with Crippen LogP contribution in [-0.2, 0) is 0 Å². The Balaban J connectivity index is 2.60. The lowest BCUT2D eigenvalue weighted by molar-refractivity contribution is 0.542. The Morgan fingerprint density at radius 3 is 2.62 bits per heavy atom. The molecule has 0 aliphatic heterocycles. The van der Waals surface area contributed by atoms with E-state index in [1.54, 1.807) is 0 Å². The molecule has 88 valence electrons. The fourth-order valence-electron chi connectivity index (χ4n) is 1.75. The van der Waals surface area contributed by atoms with Crippen molar-refractivity contribution in [2.45, 2.75) is 39.5 Å². The van der Waals surface area contributed by atoms with Gasteiger partial charge in [0, 0.05) is 5.02 Å². The van der Waals surface area contributed by atoms with Gasteiger partial charge in [0.05, 0.1) is 0 Å². The Labute approximate surface area is 104 Å². The van der Waals surface area contributed by atoms with E-state index in [0.29, 0.717) is 5.92 Å². The van der Waals surface area contributed by atoms with Crippen LogP contribution in [0, 0.1) is 5.92 Å². The van der Waals surface area contributed by atoms with Crippen molar-refractivity contribution < 1.29 is 0 Å². The van der Waals surface area contributed by atoms with E-state index < -0.39 is 0 Å². The van der Waals surface area contributed by atoms with E-state index in [1.165, 1.54) is 25.7 Å². The third-order valence-electron chi connectivity index (χ3n) is 2.91. The average Bonchev–Trinajstić information content (AvgIpc) is 2.31. The highest BCUT2D eigenvalue weighted by atomic mass is 35.5. The molecule has 0 nitrogen and oxygen atoms in total. The molecule has 0 radical (unpaired) electrons. The topological polar surface area (TPSA) is 0 Å². The van der Waals surface area contributed by atoms with Crippen molar-refractivity contribution in [3.63, 3.8) is 0 Å². The zero-order valence-electron chi connectivity index (χ0n) is 10.2. The summed E-state index contributed by atoms with van der Waals surface area (Å²) in [4.78, 5) is 0. The first-order chi connectivity index (χ1) is 7.77. The van der Waals surface area contributed by atoms with Gasteiger partial charge in [0.15, 0.2) is 0 Å². The van der Waals surface area contributed by atoms with Gasteiger partial charge in [-0.15, -0.1) is 0 Å². The molecule has 0 saturated heterocycles. The largest absolute Gasteiger partial charge is 0.0837 e. The molecule has 1 unspecified atom stereocenters. The van der Waals surface area contributed by atoms with E-state index in [2.05, 4.69) is 32.1 Å². The molecule has 0 N–H and O–H groups in total. The highest BCUT2D eigenvalue weighted by Crippen LogP contribution is 2.20. The molecule has 0 fully saturated rings. The van der Waals surface area contributed by atoms with Crippen molar-refractivity contribution in [3.8, 4) is 0 Å². The first-order valence-corrected chi connectivity index (χ1v) is 6.58. The van der Waals surface area contributed by atoms with Crippen molar-refractivity contribution in [2.75, 3.05) is 0 Å². The molecular weight excluding hydrogens is 216 g/mol. The fourth-order valence-corrected chi connectivity index (χ4v) is 1.95. The number of rotatable bonds is 6. The van der Waals surface area contributed by atoms with Gasteiger partial charge in [-0.1, -0.05) is 68.6 Å². The summed E-state index contributed by atoms with van der Waals surface area (Å²) >= 11 is 6.10. The molecule has 1 aromatic carbocycles. The summed E-state index contributed by atoms with van der Waals surface area (Å²) in [5.74, 6) is 0.691. The van der Waals surface area contributed by atoms with Crippen LogP contribution in [0.15, 0.2) is 30.3 Å². The van der Waals surface area contributed by atoms with Gasteiger partial charge < -0.3 is 0 Å². The monoisotopic (exact) mass is 236 g/mol. The van der Waals surface area contributed by atoms with Gasteiger partial charge in [0.2, 0.25) is 0 Å². The van der Waals surface area contributed by atoms with Crippen LogP contribution in [0.25, 0.3) is 6.08 Å². The average molecular weight is 237 g/mol. The van der Waals surface area contributed by atoms with Crippen molar-refractivity contribution >= 4 is 17.7 Å². The fraction of sp³-hybridized carbons (Fsp3) is 0.467.